The van der Waals surface area contributed by atoms with Crippen LogP contribution >= 0.6 is 0 Å². The van der Waals surface area contributed by atoms with Crippen LogP contribution in [0.2, 0.25) is 0 Å². The van der Waals surface area contributed by atoms with Gasteiger partial charge in [0, 0.05) is 4.91 Å². The lowest BCUT2D eigenvalue weighted by Gasteiger charge is -2.33. The zero-order chi connectivity index (χ0) is 18.5. The number of azide groups is 1. The molecule has 3 atom stereocenters. The van der Waals surface area contributed by atoms with Gasteiger partial charge in [-0.05, 0) is 32.4 Å². The zero-order valence-corrected chi connectivity index (χ0v) is 13.5. The average molecular weight is 342 g/mol. The molecule has 0 radical (unpaired) electrons. The van der Waals surface area contributed by atoms with Gasteiger partial charge < -0.3 is 24.6 Å². The fraction of sp³-hybridized carbons (Fsp3) is 0.615. The molecule has 2 N–H and O–H groups in total. The highest BCUT2D eigenvalue weighted by molar-refractivity contribution is 5.88. The molecule has 1 aliphatic heterocycles. The van der Waals surface area contributed by atoms with Crippen molar-refractivity contribution in [2.24, 2.45) is 5.11 Å². The normalized spacial score (nSPS) is 23.0. The third kappa shape index (κ3) is 5.06. The van der Waals surface area contributed by atoms with Gasteiger partial charge in [0.05, 0.1) is 19.2 Å². The number of rotatable bonds is 4. The fourth-order valence-corrected chi connectivity index (χ4v) is 1.88. The molecule has 11 nitrogen and oxygen atoms in total. The lowest BCUT2D eigenvalue weighted by atomic mass is 9.99. The van der Waals surface area contributed by atoms with Crippen LogP contribution < -0.4 is 5.32 Å². The van der Waals surface area contributed by atoms with E-state index in [0.29, 0.717) is 0 Å². The number of carboxylic acids is 1. The number of methoxy groups -OCH3 is 1. The molecule has 0 aromatic carbocycles. The minimum absolute atomic E-state index is 0.426. The van der Waals surface area contributed by atoms with Gasteiger partial charge in [-0.3, -0.25) is 0 Å². The lowest BCUT2D eigenvalue weighted by Crippen LogP contribution is -2.56. The Balaban J connectivity index is 3.14. The largest absolute Gasteiger partial charge is 0.478 e. The molecule has 0 aromatic rings. The van der Waals surface area contributed by atoms with Gasteiger partial charge in [0.1, 0.15) is 5.60 Å². The smallest absolute Gasteiger partial charge is 0.408 e. The predicted molar refractivity (Wildman–Crippen MR) is 78.7 cm³/mol. The van der Waals surface area contributed by atoms with Gasteiger partial charge in [-0.2, -0.15) is 0 Å². The molecule has 0 unspecified atom stereocenters. The molecule has 24 heavy (non-hydrogen) atoms. The Morgan fingerprint density at radius 3 is 2.50 bits per heavy atom. The summed E-state index contributed by atoms with van der Waals surface area (Å²) in [6.45, 7) is 4.87. The van der Waals surface area contributed by atoms with E-state index < -0.39 is 47.6 Å². The van der Waals surface area contributed by atoms with E-state index in [1.165, 1.54) is 0 Å². The van der Waals surface area contributed by atoms with Crippen LogP contribution in [0, 0.1) is 0 Å². The molecule has 0 saturated carbocycles. The molecule has 0 fully saturated rings. The summed E-state index contributed by atoms with van der Waals surface area (Å²) in [4.78, 5) is 37.4. The van der Waals surface area contributed by atoms with Crippen LogP contribution in [-0.2, 0) is 23.8 Å². The van der Waals surface area contributed by atoms with Gasteiger partial charge >= 0.3 is 18.0 Å². The van der Waals surface area contributed by atoms with E-state index in [1.54, 1.807) is 20.8 Å². The van der Waals surface area contributed by atoms with Gasteiger partial charge in [0.25, 0.3) is 0 Å². The standard InChI is InChI=1S/C13H18N4O7/c1-13(2,3)24-12(21)15-8-6(16-17-14)5-7(11(20)22-4)23-9(8)10(18)19/h5-6,8-9H,1-4H3,(H,15,21)(H,18,19)/t6-,8+,9+/m0/s1. The quantitative estimate of drug-likeness (QED) is 0.334. The summed E-state index contributed by atoms with van der Waals surface area (Å²) in [5.74, 6) is -2.83. The van der Waals surface area contributed by atoms with Gasteiger partial charge in [-0.1, -0.05) is 5.11 Å². The highest BCUT2D eigenvalue weighted by atomic mass is 16.6. The van der Waals surface area contributed by atoms with Crippen molar-refractivity contribution < 1.29 is 33.7 Å². The van der Waals surface area contributed by atoms with E-state index in [-0.39, 0.29) is 0 Å². The van der Waals surface area contributed by atoms with Gasteiger partial charge in [0.15, 0.2) is 0 Å². The van der Waals surface area contributed by atoms with E-state index in [9.17, 15) is 19.5 Å². The number of alkyl carbamates (subject to hydrolysis) is 1. The molecule has 1 heterocycles. The summed E-state index contributed by atoms with van der Waals surface area (Å²) >= 11 is 0. The van der Waals surface area contributed by atoms with E-state index in [0.717, 1.165) is 13.2 Å². The Labute approximate surface area is 137 Å². The van der Waals surface area contributed by atoms with Crippen LogP contribution in [0.4, 0.5) is 4.79 Å². The molecule has 0 aliphatic carbocycles. The second kappa shape index (κ2) is 7.55. The molecule has 0 saturated heterocycles. The maximum absolute atomic E-state index is 11.9. The van der Waals surface area contributed by atoms with Gasteiger partial charge in [-0.25, -0.2) is 14.4 Å². The number of carboxylic acid groups (broad SMARTS) is 1. The topological polar surface area (TPSA) is 160 Å². The highest BCUT2D eigenvalue weighted by Crippen LogP contribution is 2.22. The summed E-state index contributed by atoms with van der Waals surface area (Å²) in [5.41, 5.74) is 7.82. The van der Waals surface area contributed by atoms with Crippen molar-refractivity contribution in [2.75, 3.05) is 7.11 Å². The fourth-order valence-electron chi connectivity index (χ4n) is 1.88. The van der Waals surface area contributed by atoms with E-state index in [1.807, 2.05) is 0 Å². The van der Waals surface area contributed by atoms with Gasteiger partial charge in [0.2, 0.25) is 11.9 Å². The maximum atomic E-state index is 11.9. The van der Waals surface area contributed by atoms with Crippen molar-refractivity contribution in [3.8, 4) is 0 Å². The number of ether oxygens (including phenoxy) is 3. The summed E-state index contributed by atoms with van der Waals surface area (Å²) in [6, 6.07) is -2.46. The van der Waals surface area contributed by atoms with E-state index >= 15 is 0 Å². The lowest BCUT2D eigenvalue weighted by molar-refractivity contribution is -0.154. The molecular weight excluding hydrogens is 324 g/mol. The number of nitrogens with zero attached hydrogens (tertiary/aromatic N) is 3. The van der Waals surface area contributed by atoms with Crippen molar-refractivity contribution in [2.45, 2.75) is 44.6 Å². The zero-order valence-electron chi connectivity index (χ0n) is 13.5. The first-order valence-corrected chi connectivity index (χ1v) is 6.82. The van der Waals surface area contributed by atoms with Crippen molar-refractivity contribution in [1.82, 2.24) is 5.32 Å². The SMILES string of the molecule is COC(=O)C1=C[C@H](N=[N+]=[N-])[C@@H](NC(=O)OC(C)(C)C)[C@H](C(=O)O)O1. The minimum Gasteiger partial charge on any atom is -0.478 e. The van der Waals surface area contributed by atoms with E-state index in [2.05, 4.69) is 20.1 Å². The van der Waals surface area contributed by atoms with Crippen molar-refractivity contribution >= 4 is 18.0 Å². The minimum atomic E-state index is -1.67. The maximum Gasteiger partial charge on any atom is 0.408 e. The highest BCUT2D eigenvalue weighted by Gasteiger charge is 2.42. The summed E-state index contributed by atoms with van der Waals surface area (Å²) in [7, 11) is 1.08. The molecule has 0 aromatic heterocycles. The number of esters is 1. The molecule has 132 valence electrons. The molecule has 1 rings (SSSR count). The number of hydrogen-bond acceptors (Lipinski definition) is 7. The molecule has 1 amide bonds. The van der Waals surface area contributed by atoms with Crippen LogP contribution in [-0.4, -0.2) is 54.0 Å². The Morgan fingerprint density at radius 1 is 1.42 bits per heavy atom. The van der Waals surface area contributed by atoms with Crippen LogP contribution in [0.3, 0.4) is 0 Å². The number of carbonyl (C=O) groups excluding carboxylic acids is 2. The molecule has 11 heteroatoms. The number of nitrogens with one attached hydrogen (secondary N) is 1. The van der Waals surface area contributed by atoms with Crippen molar-refractivity contribution in [3.63, 3.8) is 0 Å². The number of hydrogen-bond donors (Lipinski definition) is 2. The summed E-state index contributed by atoms with van der Waals surface area (Å²) < 4.78 is 14.6. The number of aliphatic carboxylic acids is 1. The molecule has 0 bridgehead atoms. The Bertz CT molecular complexity index is 604. The van der Waals surface area contributed by atoms with Crippen LogP contribution in [0.25, 0.3) is 10.4 Å². The monoisotopic (exact) mass is 342 g/mol. The summed E-state index contributed by atoms with van der Waals surface area (Å²) in [5, 5.41) is 15.0. The summed E-state index contributed by atoms with van der Waals surface area (Å²) in [6.07, 6.45) is -1.52. The first-order valence-electron chi connectivity index (χ1n) is 6.82. The first-order chi connectivity index (χ1) is 11.1. The van der Waals surface area contributed by atoms with Crippen LogP contribution in [0.15, 0.2) is 16.9 Å². The number of amides is 1. The predicted octanol–water partition coefficient (Wildman–Crippen LogP) is 1.10. The second-order valence-electron chi connectivity index (χ2n) is 5.77. The van der Waals surface area contributed by atoms with Gasteiger partial charge in [-0.15, -0.1) is 0 Å². The third-order valence-corrected chi connectivity index (χ3v) is 2.77. The molecular formula is C13H18N4O7. The van der Waals surface area contributed by atoms with Crippen LogP contribution in [0.5, 0.6) is 0 Å². The third-order valence-electron chi connectivity index (χ3n) is 2.77. The second-order valence-corrected chi connectivity index (χ2v) is 5.77. The Morgan fingerprint density at radius 2 is 2.04 bits per heavy atom. The average Bonchev–Trinajstić information content (AvgIpc) is 2.45. The first kappa shape index (κ1) is 19.1. The Hall–Kier alpha value is -2.94. The van der Waals surface area contributed by atoms with Crippen molar-refractivity contribution in [3.05, 3.63) is 22.3 Å². The Kier molecular flexibility index (Phi) is 6.01. The van der Waals surface area contributed by atoms with Crippen molar-refractivity contribution in [1.29, 1.82) is 0 Å². The number of carbonyl (C=O) groups is 3. The molecule has 1 aliphatic rings. The van der Waals surface area contributed by atoms with E-state index in [4.69, 9.17) is 15.0 Å². The molecule has 0 spiro atoms. The van der Waals surface area contributed by atoms with Crippen LogP contribution in [0.1, 0.15) is 20.8 Å².